The minimum Gasteiger partial charge on any atom is -0.373 e. The zero-order valence-corrected chi connectivity index (χ0v) is 10.4. The van der Waals surface area contributed by atoms with Gasteiger partial charge in [-0.1, -0.05) is 6.92 Å². The maximum absolute atomic E-state index is 5.77. The van der Waals surface area contributed by atoms with E-state index in [1.165, 1.54) is 12.1 Å². The Bertz CT molecular complexity index is 345. The molecule has 1 fully saturated rings. The zero-order valence-electron chi connectivity index (χ0n) is 10.4. The Morgan fingerprint density at radius 2 is 2.25 bits per heavy atom. The van der Waals surface area contributed by atoms with Crippen molar-refractivity contribution < 1.29 is 0 Å². The van der Waals surface area contributed by atoms with Crippen molar-refractivity contribution in [3.05, 3.63) is 24.0 Å². The van der Waals surface area contributed by atoms with Crippen LogP contribution in [0.15, 0.2) is 18.3 Å². The monoisotopic (exact) mass is 219 g/mol. The fourth-order valence-electron chi connectivity index (χ4n) is 2.00. The second-order valence-corrected chi connectivity index (χ2v) is 5.08. The van der Waals surface area contributed by atoms with Gasteiger partial charge in [0.25, 0.3) is 0 Å². The molecule has 16 heavy (non-hydrogen) atoms. The van der Waals surface area contributed by atoms with Crippen LogP contribution in [0.25, 0.3) is 0 Å². The zero-order chi connectivity index (χ0) is 11.7. The average Bonchev–Trinajstić information content (AvgIpc) is 2.94. The van der Waals surface area contributed by atoms with Crippen molar-refractivity contribution in [2.24, 2.45) is 17.6 Å². The number of hydrogen-bond acceptors (Lipinski definition) is 3. The molecule has 1 heterocycles. The molecule has 1 aromatic heterocycles. The van der Waals surface area contributed by atoms with E-state index in [1.54, 1.807) is 0 Å². The van der Waals surface area contributed by atoms with Gasteiger partial charge in [0.15, 0.2) is 0 Å². The van der Waals surface area contributed by atoms with Gasteiger partial charge in [-0.2, -0.15) is 0 Å². The van der Waals surface area contributed by atoms with Gasteiger partial charge in [0.1, 0.15) is 0 Å². The molecule has 2 N–H and O–H groups in total. The van der Waals surface area contributed by atoms with Crippen LogP contribution in [-0.4, -0.2) is 18.6 Å². The number of aromatic nitrogens is 1. The molecule has 88 valence electrons. The lowest BCUT2D eigenvalue weighted by atomic mass is 10.2. The van der Waals surface area contributed by atoms with Gasteiger partial charge in [-0.3, -0.25) is 4.98 Å². The van der Waals surface area contributed by atoms with Crippen molar-refractivity contribution in [1.82, 2.24) is 4.98 Å². The molecule has 0 amide bonds. The van der Waals surface area contributed by atoms with Gasteiger partial charge in [0.05, 0.1) is 17.6 Å². The third-order valence-corrected chi connectivity index (χ3v) is 3.46. The van der Waals surface area contributed by atoms with Gasteiger partial charge in [-0.15, -0.1) is 0 Å². The molecule has 0 bridgehead atoms. The van der Waals surface area contributed by atoms with E-state index in [4.69, 9.17) is 5.73 Å². The summed E-state index contributed by atoms with van der Waals surface area (Å²) < 4.78 is 0. The minimum atomic E-state index is 0.0165. The number of nitrogens with two attached hydrogens (primary N) is 1. The summed E-state index contributed by atoms with van der Waals surface area (Å²) in [6.45, 7) is 5.41. The van der Waals surface area contributed by atoms with E-state index in [2.05, 4.69) is 29.9 Å². The highest BCUT2D eigenvalue weighted by atomic mass is 15.1. The summed E-state index contributed by atoms with van der Waals surface area (Å²) in [5, 5.41) is 0. The molecular formula is C13H21N3. The largest absolute Gasteiger partial charge is 0.373 e. The van der Waals surface area contributed by atoms with Gasteiger partial charge in [-0.05, 0) is 37.3 Å². The van der Waals surface area contributed by atoms with Crippen LogP contribution >= 0.6 is 0 Å². The molecule has 1 aromatic rings. The summed E-state index contributed by atoms with van der Waals surface area (Å²) in [7, 11) is 2.13. The first-order valence-corrected chi connectivity index (χ1v) is 6.00. The molecule has 3 heteroatoms. The van der Waals surface area contributed by atoms with Crippen LogP contribution in [0, 0.1) is 11.8 Å². The second kappa shape index (κ2) is 4.42. The van der Waals surface area contributed by atoms with Gasteiger partial charge in [0.2, 0.25) is 0 Å². The molecule has 1 saturated carbocycles. The Morgan fingerprint density at radius 1 is 1.56 bits per heavy atom. The third-order valence-electron chi connectivity index (χ3n) is 3.46. The molecule has 0 aliphatic heterocycles. The number of nitrogens with zero attached hydrogens (tertiary/aromatic N) is 2. The summed E-state index contributed by atoms with van der Waals surface area (Å²) in [4.78, 5) is 6.66. The van der Waals surface area contributed by atoms with Gasteiger partial charge in [-0.25, -0.2) is 0 Å². The van der Waals surface area contributed by atoms with Crippen LogP contribution in [0.5, 0.6) is 0 Å². The van der Waals surface area contributed by atoms with Crippen LogP contribution in [0.1, 0.15) is 32.0 Å². The Labute approximate surface area is 97.7 Å². The number of anilines is 1. The number of pyridine rings is 1. The molecule has 0 aromatic carbocycles. The van der Waals surface area contributed by atoms with Crippen LogP contribution in [0.2, 0.25) is 0 Å². The molecule has 1 aliphatic carbocycles. The summed E-state index contributed by atoms with van der Waals surface area (Å²) in [5.74, 6) is 1.77. The van der Waals surface area contributed by atoms with Gasteiger partial charge in [0, 0.05) is 19.6 Å². The summed E-state index contributed by atoms with van der Waals surface area (Å²) in [6, 6.07) is 4.15. The average molecular weight is 219 g/mol. The minimum absolute atomic E-state index is 0.0165. The highest BCUT2D eigenvalue weighted by Crippen LogP contribution is 2.38. The maximum atomic E-state index is 5.77. The molecule has 0 radical (unpaired) electrons. The van der Waals surface area contributed by atoms with Crippen molar-refractivity contribution in [1.29, 1.82) is 0 Å². The topological polar surface area (TPSA) is 42.1 Å². The number of hydrogen-bond donors (Lipinski definition) is 1. The smallest absolute Gasteiger partial charge is 0.0569 e. The Balaban J connectivity index is 1.97. The standard InChI is InChI=1S/C13H21N3/c1-9-6-11(9)8-16(3)12-4-5-13(10(2)14)15-7-12/h4-5,7,9-11H,6,8,14H2,1-3H3/t9?,10-,11?/m0/s1. The quantitative estimate of drug-likeness (QED) is 0.844. The Morgan fingerprint density at radius 3 is 2.69 bits per heavy atom. The van der Waals surface area contributed by atoms with Gasteiger partial charge < -0.3 is 10.6 Å². The summed E-state index contributed by atoms with van der Waals surface area (Å²) >= 11 is 0. The van der Waals surface area contributed by atoms with E-state index in [0.717, 1.165) is 24.1 Å². The molecule has 3 nitrogen and oxygen atoms in total. The lowest BCUT2D eigenvalue weighted by molar-refractivity contribution is 0.722. The molecule has 0 saturated heterocycles. The van der Waals surface area contributed by atoms with Crippen molar-refractivity contribution in [3.63, 3.8) is 0 Å². The highest BCUT2D eigenvalue weighted by Gasteiger charge is 2.33. The predicted molar refractivity (Wildman–Crippen MR) is 67.4 cm³/mol. The second-order valence-electron chi connectivity index (χ2n) is 5.08. The SMILES string of the molecule is CC1CC1CN(C)c1ccc([C@H](C)N)nc1. The van der Waals surface area contributed by atoms with Crippen molar-refractivity contribution in [3.8, 4) is 0 Å². The summed E-state index contributed by atoms with van der Waals surface area (Å²) in [6.07, 6.45) is 3.29. The Hall–Kier alpha value is -1.09. The van der Waals surface area contributed by atoms with Crippen LogP contribution in [0.3, 0.4) is 0 Å². The predicted octanol–water partition coefficient (Wildman–Crippen LogP) is 2.19. The first-order valence-electron chi connectivity index (χ1n) is 6.00. The van der Waals surface area contributed by atoms with Crippen molar-refractivity contribution in [2.75, 3.05) is 18.5 Å². The molecule has 2 rings (SSSR count). The highest BCUT2D eigenvalue weighted by molar-refractivity contribution is 5.44. The van der Waals surface area contributed by atoms with Crippen LogP contribution in [-0.2, 0) is 0 Å². The first kappa shape index (κ1) is 11.4. The third kappa shape index (κ3) is 2.53. The number of rotatable bonds is 4. The van der Waals surface area contributed by atoms with Crippen LogP contribution < -0.4 is 10.6 Å². The van der Waals surface area contributed by atoms with E-state index in [-0.39, 0.29) is 6.04 Å². The van der Waals surface area contributed by atoms with Crippen molar-refractivity contribution >= 4 is 5.69 Å². The Kier molecular flexibility index (Phi) is 3.15. The summed E-state index contributed by atoms with van der Waals surface area (Å²) in [5.41, 5.74) is 7.91. The molecule has 3 atom stereocenters. The fraction of sp³-hybridized carbons (Fsp3) is 0.615. The normalized spacial score (nSPS) is 25.2. The maximum Gasteiger partial charge on any atom is 0.0569 e. The van der Waals surface area contributed by atoms with E-state index >= 15 is 0 Å². The lowest BCUT2D eigenvalue weighted by Gasteiger charge is -2.19. The van der Waals surface area contributed by atoms with Gasteiger partial charge >= 0.3 is 0 Å². The lowest BCUT2D eigenvalue weighted by Crippen LogP contribution is -2.21. The van der Waals surface area contributed by atoms with Crippen molar-refractivity contribution in [2.45, 2.75) is 26.3 Å². The fourth-order valence-corrected chi connectivity index (χ4v) is 2.00. The molecule has 0 spiro atoms. The molecule has 1 aliphatic rings. The first-order chi connectivity index (χ1) is 7.58. The van der Waals surface area contributed by atoms with E-state index < -0.39 is 0 Å². The van der Waals surface area contributed by atoms with Crippen LogP contribution in [0.4, 0.5) is 5.69 Å². The molecule has 2 unspecified atom stereocenters. The van der Waals surface area contributed by atoms with E-state index in [1.807, 2.05) is 19.2 Å². The van der Waals surface area contributed by atoms with E-state index in [9.17, 15) is 0 Å². The molecular weight excluding hydrogens is 198 g/mol. The van der Waals surface area contributed by atoms with E-state index in [0.29, 0.717) is 0 Å².